The van der Waals surface area contributed by atoms with Gasteiger partial charge in [0.1, 0.15) is 5.82 Å². The van der Waals surface area contributed by atoms with Gasteiger partial charge in [-0.3, -0.25) is 0 Å². The molecule has 104 valence electrons. The lowest BCUT2D eigenvalue weighted by Gasteiger charge is -2.21. The molecule has 0 radical (unpaired) electrons. The summed E-state index contributed by atoms with van der Waals surface area (Å²) in [7, 11) is 0. The SMILES string of the molecule is CC(NCC(C1CC1)C1CC1)c1ccc(Br)cc1F. The Morgan fingerprint density at radius 3 is 2.42 bits per heavy atom. The van der Waals surface area contributed by atoms with Gasteiger partial charge in [0.25, 0.3) is 0 Å². The zero-order valence-electron chi connectivity index (χ0n) is 11.3. The molecule has 0 amide bonds. The van der Waals surface area contributed by atoms with Crippen LogP contribution in [0.25, 0.3) is 0 Å². The molecule has 1 unspecified atom stereocenters. The van der Waals surface area contributed by atoms with Gasteiger partial charge in [0.15, 0.2) is 0 Å². The molecule has 1 N–H and O–H groups in total. The van der Waals surface area contributed by atoms with Crippen LogP contribution in [0.3, 0.4) is 0 Å². The molecule has 0 spiro atoms. The first-order valence-electron chi connectivity index (χ1n) is 7.33. The molecule has 0 aliphatic heterocycles. The Labute approximate surface area is 123 Å². The van der Waals surface area contributed by atoms with Gasteiger partial charge in [-0.2, -0.15) is 0 Å². The van der Waals surface area contributed by atoms with Crippen LogP contribution in [0.4, 0.5) is 4.39 Å². The van der Waals surface area contributed by atoms with Crippen molar-refractivity contribution in [2.45, 2.75) is 38.6 Å². The van der Waals surface area contributed by atoms with Gasteiger partial charge in [-0.25, -0.2) is 4.39 Å². The Balaban J connectivity index is 1.59. The Bertz CT molecular complexity index is 442. The Hall–Kier alpha value is -0.410. The van der Waals surface area contributed by atoms with Crippen LogP contribution < -0.4 is 5.32 Å². The molecule has 3 rings (SSSR count). The van der Waals surface area contributed by atoms with Crippen LogP contribution in [0.2, 0.25) is 0 Å². The maximum absolute atomic E-state index is 13.9. The zero-order chi connectivity index (χ0) is 13.4. The molecule has 1 atom stereocenters. The standard InChI is InChI=1S/C16H21BrFN/c1-10(14-7-6-13(17)8-16(14)18)19-9-15(11-2-3-11)12-4-5-12/h6-8,10-12,15,19H,2-5,9H2,1H3. The molecular weight excluding hydrogens is 305 g/mol. The summed E-state index contributed by atoms with van der Waals surface area (Å²) in [6.45, 7) is 3.11. The van der Waals surface area contributed by atoms with E-state index in [0.717, 1.165) is 34.3 Å². The number of hydrogen-bond acceptors (Lipinski definition) is 1. The quantitative estimate of drug-likeness (QED) is 0.801. The highest BCUT2D eigenvalue weighted by Gasteiger charge is 2.41. The third-order valence-corrected chi connectivity index (χ3v) is 5.04. The molecule has 1 aromatic carbocycles. The van der Waals surface area contributed by atoms with Crippen molar-refractivity contribution in [2.24, 2.45) is 17.8 Å². The highest BCUT2D eigenvalue weighted by atomic mass is 79.9. The second-order valence-electron chi connectivity index (χ2n) is 6.13. The van der Waals surface area contributed by atoms with Gasteiger partial charge >= 0.3 is 0 Å². The first kappa shape index (κ1) is 13.6. The summed E-state index contributed by atoms with van der Waals surface area (Å²) in [6.07, 6.45) is 5.63. The maximum atomic E-state index is 13.9. The van der Waals surface area contributed by atoms with E-state index in [-0.39, 0.29) is 11.9 Å². The first-order valence-corrected chi connectivity index (χ1v) is 8.13. The number of benzene rings is 1. The molecule has 2 fully saturated rings. The van der Waals surface area contributed by atoms with Gasteiger partial charge in [-0.15, -0.1) is 0 Å². The predicted molar refractivity (Wildman–Crippen MR) is 79.5 cm³/mol. The predicted octanol–water partition coefficient (Wildman–Crippen LogP) is 4.68. The van der Waals surface area contributed by atoms with E-state index in [1.807, 2.05) is 12.1 Å². The molecule has 2 aliphatic rings. The molecule has 19 heavy (non-hydrogen) atoms. The van der Waals surface area contributed by atoms with Gasteiger partial charge < -0.3 is 5.32 Å². The Kier molecular flexibility index (Phi) is 3.95. The van der Waals surface area contributed by atoms with Crippen LogP contribution >= 0.6 is 15.9 Å². The molecular formula is C16H21BrFN. The topological polar surface area (TPSA) is 12.0 Å². The van der Waals surface area contributed by atoms with E-state index in [4.69, 9.17) is 0 Å². The summed E-state index contributed by atoms with van der Waals surface area (Å²) in [5, 5.41) is 3.55. The van der Waals surface area contributed by atoms with Crippen molar-refractivity contribution in [1.82, 2.24) is 5.32 Å². The second-order valence-corrected chi connectivity index (χ2v) is 7.05. The van der Waals surface area contributed by atoms with Gasteiger partial charge in [-0.05, 0) is 69.0 Å². The minimum Gasteiger partial charge on any atom is -0.310 e. The lowest BCUT2D eigenvalue weighted by atomic mass is 9.97. The van der Waals surface area contributed by atoms with E-state index in [0.29, 0.717) is 0 Å². The van der Waals surface area contributed by atoms with Crippen LogP contribution in [0.1, 0.15) is 44.2 Å². The molecule has 1 aromatic rings. The molecule has 0 saturated heterocycles. The number of halogens is 2. The van der Waals surface area contributed by atoms with E-state index in [9.17, 15) is 4.39 Å². The van der Waals surface area contributed by atoms with Crippen LogP contribution in [-0.2, 0) is 0 Å². The molecule has 2 aliphatic carbocycles. The van der Waals surface area contributed by atoms with E-state index in [1.54, 1.807) is 6.07 Å². The number of rotatable bonds is 6. The average Bonchev–Trinajstić information content (AvgIpc) is 3.23. The first-order chi connectivity index (χ1) is 9.15. The maximum Gasteiger partial charge on any atom is 0.129 e. The summed E-state index contributed by atoms with van der Waals surface area (Å²) in [5.41, 5.74) is 0.772. The van der Waals surface area contributed by atoms with Crippen LogP contribution in [0.15, 0.2) is 22.7 Å². The highest BCUT2D eigenvalue weighted by molar-refractivity contribution is 9.10. The summed E-state index contributed by atoms with van der Waals surface area (Å²) in [4.78, 5) is 0. The molecule has 0 aromatic heterocycles. The Morgan fingerprint density at radius 1 is 1.26 bits per heavy atom. The molecule has 0 bridgehead atoms. The van der Waals surface area contributed by atoms with Crippen molar-refractivity contribution in [3.05, 3.63) is 34.1 Å². The van der Waals surface area contributed by atoms with Crippen molar-refractivity contribution in [3.8, 4) is 0 Å². The fourth-order valence-electron chi connectivity index (χ4n) is 3.04. The summed E-state index contributed by atoms with van der Waals surface area (Å²) >= 11 is 3.30. The van der Waals surface area contributed by atoms with Crippen molar-refractivity contribution < 1.29 is 4.39 Å². The monoisotopic (exact) mass is 325 g/mol. The number of nitrogens with one attached hydrogen (secondary N) is 1. The third-order valence-electron chi connectivity index (χ3n) is 4.54. The van der Waals surface area contributed by atoms with Crippen molar-refractivity contribution >= 4 is 15.9 Å². The van der Waals surface area contributed by atoms with E-state index >= 15 is 0 Å². The molecule has 3 heteroatoms. The van der Waals surface area contributed by atoms with Crippen molar-refractivity contribution in [1.29, 1.82) is 0 Å². The zero-order valence-corrected chi connectivity index (χ0v) is 12.9. The van der Waals surface area contributed by atoms with Gasteiger partial charge in [0.2, 0.25) is 0 Å². The van der Waals surface area contributed by atoms with Crippen molar-refractivity contribution in [2.75, 3.05) is 6.54 Å². The fraction of sp³-hybridized carbons (Fsp3) is 0.625. The van der Waals surface area contributed by atoms with Gasteiger partial charge in [0, 0.05) is 16.1 Å². The largest absolute Gasteiger partial charge is 0.310 e. The van der Waals surface area contributed by atoms with E-state index < -0.39 is 0 Å². The lowest BCUT2D eigenvalue weighted by Crippen LogP contribution is -2.28. The molecule has 1 nitrogen and oxygen atoms in total. The molecule has 0 heterocycles. The lowest BCUT2D eigenvalue weighted by molar-refractivity contribution is 0.359. The van der Waals surface area contributed by atoms with E-state index in [2.05, 4.69) is 28.2 Å². The van der Waals surface area contributed by atoms with Crippen LogP contribution in [-0.4, -0.2) is 6.54 Å². The summed E-state index contributed by atoms with van der Waals surface area (Å²) < 4.78 is 14.7. The molecule has 2 saturated carbocycles. The summed E-state index contributed by atoms with van der Waals surface area (Å²) in [5.74, 6) is 2.61. The minimum atomic E-state index is -0.122. The number of hydrogen-bond donors (Lipinski definition) is 1. The Morgan fingerprint density at radius 2 is 1.89 bits per heavy atom. The van der Waals surface area contributed by atoms with Crippen LogP contribution in [0, 0.1) is 23.6 Å². The van der Waals surface area contributed by atoms with Gasteiger partial charge in [0.05, 0.1) is 0 Å². The van der Waals surface area contributed by atoms with Crippen molar-refractivity contribution in [3.63, 3.8) is 0 Å². The third kappa shape index (κ3) is 3.38. The normalized spacial score (nSPS) is 20.8. The second kappa shape index (κ2) is 5.53. The summed E-state index contributed by atoms with van der Waals surface area (Å²) in [6, 6.07) is 5.43. The average molecular weight is 326 g/mol. The highest BCUT2D eigenvalue weighted by Crippen LogP contribution is 2.49. The van der Waals surface area contributed by atoms with Crippen LogP contribution in [0.5, 0.6) is 0 Å². The minimum absolute atomic E-state index is 0.0908. The van der Waals surface area contributed by atoms with E-state index in [1.165, 1.54) is 25.7 Å². The smallest absolute Gasteiger partial charge is 0.129 e. The fourth-order valence-corrected chi connectivity index (χ4v) is 3.38. The van der Waals surface area contributed by atoms with Gasteiger partial charge in [-0.1, -0.05) is 22.0 Å².